The number of carboxylic acid groups (broad SMARTS) is 1. The van der Waals surface area contributed by atoms with E-state index in [2.05, 4.69) is 28.6 Å². The number of nitrogens with two attached hydrogens (primary N) is 4. The number of thiol groups is 1. The van der Waals surface area contributed by atoms with Crippen molar-refractivity contribution in [3.63, 3.8) is 0 Å². The second-order valence-electron chi connectivity index (χ2n) is 7.27. The van der Waals surface area contributed by atoms with Crippen molar-refractivity contribution in [2.75, 3.05) is 12.3 Å². The van der Waals surface area contributed by atoms with Crippen molar-refractivity contribution in [2.45, 2.75) is 62.7 Å². The predicted molar refractivity (Wildman–Crippen MR) is 120 cm³/mol. The van der Waals surface area contributed by atoms with Gasteiger partial charge in [0.1, 0.15) is 18.1 Å². The lowest BCUT2D eigenvalue weighted by Crippen LogP contribution is -2.58. The highest BCUT2D eigenvalue weighted by molar-refractivity contribution is 7.80. The normalized spacial score (nSPS) is 14.3. The van der Waals surface area contributed by atoms with Gasteiger partial charge < -0.3 is 44.0 Å². The van der Waals surface area contributed by atoms with E-state index in [-0.39, 0.29) is 25.0 Å². The molecule has 188 valence electrons. The summed E-state index contributed by atoms with van der Waals surface area (Å²) in [5, 5.41) is 16.3. The van der Waals surface area contributed by atoms with Gasteiger partial charge in [-0.05, 0) is 32.2 Å². The lowest BCUT2D eigenvalue weighted by molar-refractivity contribution is -0.142. The zero-order valence-corrected chi connectivity index (χ0v) is 19.0. The van der Waals surface area contributed by atoms with Gasteiger partial charge in [0.05, 0.1) is 12.5 Å². The van der Waals surface area contributed by atoms with Gasteiger partial charge in [0, 0.05) is 12.2 Å². The fourth-order valence-electron chi connectivity index (χ4n) is 2.63. The van der Waals surface area contributed by atoms with E-state index in [1.54, 1.807) is 0 Å². The Balaban J connectivity index is 5.26. The summed E-state index contributed by atoms with van der Waals surface area (Å²) in [4.78, 5) is 70.8. The van der Waals surface area contributed by atoms with Gasteiger partial charge >= 0.3 is 5.97 Å². The molecule has 0 heterocycles. The molecule has 0 aromatic heterocycles. The molecular weight excluding hydrogens is 458 g/mol. The fourth-order valence-corrected chi connectivity index (χ4v) is 2.89. The molecule has 0 aromatic rings. The molecule has 0 radical (unpaired) electrons. The zero-order chi connectivity index (χ0) is 25.6. The first-order chi connectivity index (χ1) is 15.4. The van der Waals surface area contributed by atoms with Crippen molar-refractivity contribution in [1.29, 1.82) is 0 Å². The van der Waals surface area contributed by atoms with Crippen molar-refractivity contribution in [1.82, 2.24) is 16.0 Å². The molecule has 0 aliphatic rings. The first kappa shape index (κ1) is 30.1. The number of hydrogen-bond donors (Lipinski definition) is 9. The standard InChI is InChI=1S/C18H33N7O7S/c19-6-2-1-3-11(18(31)32)24-17(30)12(8-33)25-16(29)10(4-5-13(21)26)23-15(28)9(20)7-14(22)27/h9-12,33H,1-8,19-20H2,(H2,21,26)(H2,22,27)(H,23,28)(H,24,30)(H,25,29)(H,31,32). The molecule has 0 aliphatic heterocycles. The van der Waals surface area contributed by atoms with Crippen molar-refractivity contribution in [3.05, 3.63) is 0 Å². The van der Waals surface area contributed by atoms with Crippen LogP contribution in [0.1, 0.15) is 38.5 Å². The first-order valence-corrected chi connectivity index (χ1v) is 10.8. The number of hydrogen-bond acceptors (Lipinski definition) is 9. The van der Waals surface area contributed by atoms with Crippen LogP contribution in [0.15, 0.2) is 0 Å². The number of carboxylic acids is 1. The molecule has 5 amide bonds. The van der Waals surface area contributed by atoms with Crippen LogP contribution in [0, 0.1) is 0 Å². The molecule has 0 saturated carbocycles. The van der Waals surface area contributed by atoms with Gasteiger partial charge in [0.25, 0.3) is 0 Å². The van der Waals surface area contributed by atoms with Crippen molar-refractivity contribution < 1.29 is 33.9 Å². The maximum absolute atomic E-state index is 12.7. The molecule has 0 spiro atoms. The molecule has 33 heavy (non-hydrogen) atoms. The van der Waals surface area contributed by atoms with Gasteiger partial charge in [0.15, 0.2) is 0 Å². The average molecular weight is 492 g/mol. The van der Waals surface area contributed by atoms with E-state index in [9.17, 15) is 33.9 Å². The Morgan fingerprint density at radius 3 is 1.82 bits per heavy atom. The molecule has 4 atom stereocenters. The maximum atomic E-state index is 12.7. The van der Waals surface area contributed by atoms with E-state index in [1.165, 1.54) is 0 Å². The number of amides is 5. The summed E-state index contributed by atoms with van der Waals surface area (Å²) < 4.78 is 0. The number of unbranched alkanes of at least 4 members (excludes halogenated alkanes) is 1. The quantitative estimate of drug-likeness (QED) is 0.0708. The number of rotatable bonds is 17. The number of carbonyl (C=O) groups excluding carboxylic acids is 5. The summed E-state index contributed by atoms with van der Waals surface area (Å²) in [7, 11) is 0. The Morgan fingerprint density at radius 2 is 1.33 bits per heavy atom. The largest absolute Gasteiger partial charge is 0.480 e. The number of carbonyl (C=O) groups is 6. The van der Waals surface area contributed by atoms with Crippen LogP contribution in [0.4, 0.5) is 0 Å². The molecule has 0 rings (SSSR count). The van der Waals surface area contributed by atoms with Crippen LogP contribution in [0.3, 0.4) is 0 Å². The van der Waals surface area contributed by atoms with Crippen LogP contribution in [0.2, 0.25) is 0 Å². The van der Waals surface area contributed by atoms with Gasteiger partial charge in [-0.2, -0.15) is 12.6 Å². The van der Waals surface area contributed by atoms with Crippen molar-refractivity contribution in [2.24, 2.45) is 22.9 Å². The SMILES string of the molecule is NCCCCC(NC(=O)C(CS)NC(=O)C(CCC(N)=O)NC(=O)C(N)CC(N)=O)C(=O)O. The summed E-state index contributed by atoms with van der Waals surface area (Å²) in [6.07, 6.45) is 0.222. The Hall–Kier alpha value is -2.91. The third-order valence-electron chi connectivity index (χ3n) is 4.45. The number of nitrogens with one attached hydrogen (secondary N) is 3. The Bertz CT molecular complexity index is 722. The molecule has 4 unspecified atom stereocenters. The third kappa shape index (κ3) is 12.6. The van der Waals surface area contributed by atoms with Crippen LogP contribution in [0.5, 0.6) is 0 Å². The van der Waals surface area contributed by atoms with E-state index >= 15 is 0 Å². The summed E-state index contributed by atoms with van der Waals surface area (Å²) >= 11 is 4.01. The summed E-state index contributed by atoms with van der Waals surface area (Å²) in [5.41, 5.74) is 21.0. The van der Waals surface area contributed by atoms with Gasteiger partial charge in [-0.1, -0.05) is 0 Å². The van der Waals surface area contributed by atoms with E-state index in [1.807, 2.05) is 0 Å². The van der Waals surface area contributed by atoms with Crippen molar-refractivity contribution >= 4 is 48.1 Å². The molecule has 0 fully saturated rings. The van der Waals surface area contributed by atoms with E-state index < -0.39 is 66.1 Å². The van der Waals surface area contributed by atoms with Crippen LogP contribution in [-0.4, -0.2) is 77.1 Å². The molecule has 14 nitrogen and oxygen atoms in total. The van der Waals surface area contributed by atoms with Crippen molar-refractivity contribution in [3.8, 4) is 0 Å². The monoisotopic (exact) mass is 491 g/mol. The fraction of sp³-hybridized carbons (Fsp3) is 0.667. The van der Waals surface area contributed by atoms with Crippen LogP contribution in [0.25, 0.3) is 0 Å². The highest BCUT2D eigenvalue weighted by Crippen LogP contribution is 2.04. The minimum absolute atomic E-state index is 0.139. The Labute approximate surface area is 196 Å². The van der Waals surface area contributed by atoms with Gasteiger partial charge in [0.2, 0.25) is 29.5 Å². The molecular formula is C18H33N7O7S. The number of primary amides is 2. The molecule has 0 bridgehead atoms. The maximum Gasteiger partial charge on any atom is 0.326 e. The highest BCUT2D eigenvalue weighted by Gasteiger charge is 2.30. The summed E-state index contributed by atoms with van der Waals surface area (Å²) in [6.45, 7) is 0.372. The average Bonchev–Trinajstić information content (AvgIpc) is 2.72. The third-order valence-corrected chi connectivity index (χ3v) is 4.81. The van der Waals surface area contributed by atoms with E-state index in [4.69, 9.17) is 22.9 Å². The highest BCUT2D eigenvalue weighted by atomic mass is 32.1. The van der Waals surface area contributed by atoms with Crippen LogP contribution < -0.4 is 38.9 Å². The lowest BCUT2D eigenvalue weighted by atomic mass is 10.1. The second kappa shape index (κ2) is 15.8. The topological polar surface area (TPSA) is 263 Å². The van der Waals surface area contributed by atoms with Gasteiger partial charge in [-0.3, -0.25) is 24.0 Å². The molecule has 12 N–H and O–H groups in total. The van der Waals surface area contributed by atoms with Gasteiger partial charge in [-0.25, -0.2) is 4.79 Å². The first-order valence-electron chi connectivity index (χ1n) is 10.2. The molecule has 0 saturated heterocycles. The number of aliphatic carboxylic acids is 1. The van der Waals surface area contributed by atoms with Crippen LogP contribution >= 0.6 is 12.6 Å². The Morgan fingerprint density at radius 1 is 0.788 bits per heavy atom. The smallest absolute Gasteiger partial charge is 0.326 e. The van der Waals surface area contributed by atoms with Crippen LogP contribution in [-0.2, 0) is 28.8 Å². The summed E-state index contributed by atoms with van der Waals surface area (Å²) in [5.74, 6) is -5.56. The summed E-state index contributed by atoms with van der Waals surface area (Å²) in [6, 6.07) is -5.09. The van der Waals surface area contributed by atoms with E-state index in [0.29, 0.717) is 19.4 Å². The molecule has 0 aliphatic carbocycles. The minimum atomic E-state index is -1.33. The zero-order valence-electron chi connectivity index (χ0n) is 18.1. The predicted octanol–water partition coefficient (Wildman–Crippen LogP) is -3.95. The van der Waals surface area contributed by atoms with Gasteiger partial charge in [-0.15, -0.1) is 0 Å². The minimum Gasteiger partial charge on any atom is -0.480 e. The Kier molecular flexibility index (Phi) is 14.4. The molecule has 0 aromatic carbocycles. The van der Waals surface area contributed by atoms with E-state index in [0.717, 1.165) is 0 Å². The lowest BCUT2D eigenvalue weighted by Gasteiger charge is -2.24. The molecule has 15 heteroatoms. The second-order valence-corrected chi connectivity index (χ2v) is 7.64.